The highest BCUT2D eigenvalue weighted by atomic mass is 16.6. The molecule has 0 amide bonds. The first-order valence-electron chi connectivity index (χ1n) is 6.10. The number of hydrogen-bond donors (Lipinski definition) is 1. The van der Waals surface area contributed by atoms with Crippen molar-refractivity contribution < 1.29 is 19.2 Å². The summed E-state index contributed by atoms with van der Waals surface area (Å²) in [6.45, 7) is 0.159. The van der Waals surface area contributed by atoms with Gasteiger partial charge >= 0.3 is 11.8 Å². The van der Waals surface area contributed by atoms with Crippen LogP contribution in [0.4, 0.5) is 5.82 Å². The van der Waals surface area contributed by atoms with Gasteiger partial charge < -0.3 is 19.6 Å². The Balaban J connectivity index is 1.84. The van der Waals surface area contributed by atoms with E-state index in [0.717, 1.165) is 17.4 Å². The Labute approximate surface area is 119 Å². The largest absolute Gasteiger partial charge is 0.497 e. The number of methoxy groups -OCH3 is 1. The van der Waals surface area contributed by atoms with Gasteiger partial charge in [0.05, 0.1) is 19.8 Å². The molecule has 0 saturated carbocycles. The van der Waals surface area contributed by atoms with Crippen molar-refractivity contribution in [2.75, 3.05) is 13.7 Å². The van der Waals surface area contributed by atoms with Crippen LogP contribution in [0.5, 0.6) is 5.75 Å². The van der Waals surface area contributed by atoms with Gasteiger partial charge in [-0.15, -0.1) is 5.10 Å². The molecular formula is C13H13N3O5. The van der Waals surface area contributed by atoms with E-state index in [1.165, 1.54) is 0 Å². The van der Waals surface area contributed by atoms with Crippen molar-refractivity contribution >= 4 is 11.8 Å². The van der Waals surface area contributed by atoms with Gasteiger partial charge in [-0.3, -0.25) is 0 Å². The van der Waals surface area contributed by atoms with Crippen molar-refractivity contribution in [1.82, 2.24) is 10.2 Å². The summed E-state index contributed by atoms with van der Waals surface area (Å²) < 4.78 is 10.0. The Hall–Kier alpha value is -2.90. The number of esters is 1. The minimum atomic E-state index is -0.701. The average Bonchev–Trinajstić information content (AvgIpc) is 2.98. The third-order valence-electron chi connectivity index (χ3n) is 2.75. The minimum Gasteiger partial charge on any atom is -0.497 e. The van der Waals surface area contributed by atoms with Gasteiger partial charge in [0.2, 0.25) is 0 Å². The van der Waals surface area contributed by atoms with Crippen LogP contribution in [0.15, 0.2) is 30.3 Å². The molecule has 1 heterocycles. The first-order chi connectivity index (χ1) is 10.1. The van der Waals surface area contributed by atoms with Gasteiger partial charge in [-0.25, -0.2) is 4.79 Å². The zero-order valence-electron chi connectivity index (χ0n) is 11.2. The van der Waals surface area contributed by atoms with E-state index in [1.807, 2.05) is 24.3 Å². The van der Waals surface area contributed by atoms with Crippen LogP contribution in [-0.4, -0.2) is 34.8 Å². The van der Waals surface area contributed by atoms with Gasteiger partial charge in [0.25, 0.3) is 0 Å². The minimum absolute atomic E-state index is 0.114. The van der Waals surface area contributed by atoms with Gasteiger partial charge in [0, 0.05) is 6.42 Å². The lowest BCUT2D eigenvalue weighted by Gasteiger charge is -2.04. The number of nitro groups is 1. The molecule has 0 atom stereocenters. The fourth-order valence-electron chi connectivity index (χ4n) is 1.64. The van der Waals surface area contributed by atoms with Gasteiger partial charge in [0.15, 0.2) is 5.69 Å². The van der Waals surface area contributed by atoms with Crippen molar-refractivity contribution in [2.24, 2.45) is 0 Å². The molecule has 1 aromatic carbocycles. The number of carbonyl (C=O) groups is 1. The third-order valence-corrected chi connectivity index (χ3v) is 2.75. The van der Waals surface area contributed by atoms with E-state index < -0.39 is 10.9 Å². The molecule has 0 aliphatic rings. The van der Waals surface area contributed by atoms with Gasteiger partial charge in [-0.2, -0.15) is 0 Å². The Morgan fingerprint density at radius 1 is 1.38 bits per heavy atom. The molecule has 0 radical (unpaired) electrons. The molecule has 0 unspecified atom stereocenters. The maximum Gasteiger partial charge on any atom is 0.361 e. The van der Waals surface area contributed by atoms with E-state index in [9.17, 15) is 14.9 Å². The molecule has 110 valence electrons. The molecule has 0 bridgehead atoms. The fourth-order valence-corrected chi connectivity index (χ4v) is 1.64. The summed E-state index contributed by atoms with van der Waals surface area (Å²) >= 11 is 0. The topological polar surface area (TPSA) is 107 Å². The molecule has 0 aliphatic carbocycles. The number of aromatic amines is 1. The number of H-pyrrole nitrogens is 1. The van der Waals surface area contributed by atoms with Crippen molar-refractivity contribution in [1.29, 1.82) is 0 Å². The molecule has 0 fully saturated rings. The summed E-state index contributed by atoms with van der Waals surface area (Å²) in [5.41, 5.74) is 0.869. The van der Waals surface area contributed by atoms with E-state index in [0.29, 0.717) is 6.42 Å². The van der Waals surface area contributed by atoms with Crippen LogP contribution in [0.1, 0.15) is 16.1 Å². The molecule has 0 saturated heterocycles. The van der Waals surface area contributed by atoms with Crippen LogP contribution >= 0.6 is 0 Å². The Bertz CT molecular complexity index is 636. The number of benzene rings is 1. The summed E-state index contributed by atoms with van der Waals surface area (Å²) in [4.78, 5) is 21.4. The smallest absolute Gasteiger partial charge is 0.361 e. The van der Waals surface area contributed by atoms with Crippen molar-refractivity contribution in [3.05, 3.63) is 51.7 Å². The van der Waals surface area contributed by atoms with Crippen LogP contribution < -0.4 is 4.74 Å². The van der Waals surface area contributed by atoms with Crippen molar-refractivity contribution in [3.63, 3.8) is 0 Å². The number of nitrogens with one attached hydrogen (secondary N) is 1. The van der Waals surface area contributed by atoms with Crippen LogP contribution in [-0.2, 0) is 11.2 Å². The number of carbonyl (C=O) groups excluding carboxylic acids is 1. The monoisotopic (exact) mass is 291 g/mol. The van der Waals surface area contributed by atoms with E-state index in [4.69, 9.17) is 9.47 Å². The SMILES string of the molecule is COc1ccc(CCOC(=O)c2cc([N+](=O)[O-])[nH]n2)cc1. The predicted octanol–water partition coefficient (Wildman–Crippen LogP) is 1.73. The van der Waals surface area contributed by atoms with Crippen LogP contribution in [0.2, 0.25) is 0 Å². The van der Waals surface area contributed by atoms with E-state index in [1.54, 1.807) is 7.11 Å². The summed E-state index contributed by atoms with van der Waals surface area (Å²) in [5, 5.41) is 16.1. The lowest BCUT2D eigenvalue weighted by molar-refractivity contribution is -0.389. The van der Waals surface area contributed by atoms with E-state index >= 15 is 0 Å². The molecule has 2 aromatic rings. The maximum atomic E-state index is 11.6. The first-order valence-corrected chi connectivity index (χ1v) is 6.10. The molecule has 21 heavy (non-hydrogen) atoms. The van der Waals surface area contributed by atoms with Crippen LogP contribution in [0, 0.1) is 10.1 Å². The second-order valence-electron chi connectivity index (χ2n) is 4.13. The maximum absolute atomic E-state index is 11.6. The van der Waals surface area contributed by atoms with Gasteiger partial charge in [-0.05, 0) is 22.6 Å². The third kappa shape index (κ3) is 3.78. The van der Waals surface area contributed by atoms with Crippen molar-refractivity contribution in [2.45, 2.75) is 6.42 Å². The van der Waals surface area contributed by atoms with E-state index in [2.05, 4.69) is 10.2 Å². The fraction of sp³-hybridized carbons (Fsp3) is 0.231. The summed E-state index contributed by atoms with van der Waals surface area (Å²) in [7, 11) is 1.58. The molecule has 0 aliphatic heterocycles. The normalized spacial score (nSPS) is 10.1. The lowest BCUT2D eigenvalue weighted by atomic mass is 10.1. The molecule has 1 aromatic heterocycles. The van der Waals surface area contributed by atoms with Crippen LogP contribution in [0.25, 0.3) is 0 Å². The molecule has 8 heteroatoms. The molecule has 1 N–H and O–H groups in total. The number of nitrogens with zero attached hydrogens (tertiary/aromatic N) is 2. The number of aromatic nitrogens is 2. The Kier molecular flexibility index (Phi) is 4.50. The molecular weight excluding hydrogens is 278 g/mol. The summed E-state index contributed by atoms with van der Waals surface area (Å²) in [6.07, 6.45) is 0.530. The molecule has 0 spiro atoms. The highest BCUT2D eigenvalue weighted by molar-refractivity contribution is 5.87. The molecule has 2 rings (SSSR count). The molecule has 8 nitrogen and oxygen atoms in total. The second kappa shape index (κ2) is 6.51. The van der Waals surface area contributed by atoms with Gasteiger partial charge in [0.1, 0.15) is 5.75 Å². The number of ether oxygens (including phenoxy) is 2. The lowest BCUT2D eigenvalue weighted by Crippen LogP contribution is -2.08. The highest BCUT2D eigenvalue weighted by Gasteiger charge is 2.17. The predicted molar refractivity (Wildman–Crippen MR) is 72.2 cm³/mol. The Morgan fingerprint density at radius 2 is 2.10 bits per heavy atom. The van der Waals surface area contributed by atoms with E-state index in [-0.39, 0.29) is 18.1 Å². The average molecular weight is 291 g/mol. The Morgan fingerprint density at radius 3 is 2.67 bits per heavy atom. The van der Waals surface area contributed by atoms with Gasteiger partial charge in [-0.1, -0.05) is 17.2 Å². The zero-order valence-corrected chi connectivity index (χ0v) is 11.2. The quantitative estimate of drug-likeness (QED) is 0.493. The highest BCUT2D eigenvalue weighted by Crippen LogP contribution is 2.12. The number of rotatable bonds is 6. The first kappa shape index (κ1) is 14.5. The van der Waals surface area contributed by atoms with Crippen molar-refractivity contribution in [3.8, 4) is 5.75 Å². The zero-order chi connectivity index (χ0) is 15.2. The summed E-state index contributed by atoms with van der Waals surface area (Å²) in [5.74, 6) is -0.301. The standard InChI is InChI=1S/C13H13N3O5/c1-20-10-4-2-9(3-5-10)6-7-21-13(17)11-8-12(15-14-11)16(18)19/h2-5,8H,6-7H2,1H3,(H,14,15). The van der Waals surface area contributed by atoms with Crippen LogP contribution in [0.3, 0.4) is 0 Å². The number of hydrogen-bond acceptors (Lipinski definition) is 6. The second-order valence-corrected chi connectivity index (χ2v) is 4.13. The summed E-state index contributed by atoms with van der Waals surface area (Å²) in [6, 6.07) is 8.40.